The zero-order chi connectivity index (χ0) is 13.7. The van der Waals surface area contributed by atoms with Gasteiger partial charge in [0, 0.05) is 13.2 Å². The van der Waals surface area contributed by atoms with Crippen LogP contribution in [0.1, 0.15) is 19.8 Å². The Bertz CT molecular complexity index is 544. The maximum atomic E-state index is 8.98. The molecule has 1 aromatic carbocycles. The summed E-state index contributed by atoms with van der Waals surface area (Å²) >= 11 is 0. The summed E-state index contributed by atoms with van der Waals surface area (Å²) in [5, 5.41) is 12.2. The number of nitrogens with zero attached hydrogens (tertiary/aromatic N) is 2. The number of anilines is 2. The average Bonchev–Trinajstić information content (AvgIpc) is 2.43. The van der Waals surface area contributed by atoms with Crippen molar-refractivity contribution in [3.8, 4) is 0 Å². The van der Waals surface area contributed by atoms with Crippen LogP contribution in [0, 0.1) is 5.92 Å². The minimum atomic E-state index is 0.207. The van der Waals surface area contributed by atoms with Crippen LogP contribution in [0.25, 0.3) is 11.0 Å². The molecule has 0 spiro atoms. The molecule has 5 heteroatoms. The van der Waals surface area contributed by atoms with Gasteiger partial charge in [-0.25, -0.2) is 9.97 Å². The largest absolute Gasteiger partial charge is 0.396 e. The predicted octanol–water partition coefficient (Wildman–Crippen LogP) is 2.03. The van der Waals surface area contributed by atoms with Gasteiger partial charge in [0.1, 0.15) is 0 Å². The molecule has 0 fully saturated rings. The normalized spacial score (nSPS) is 12.5. The van der Waals surface area contributed by atoms with Crippen molar-refractivity contribution in [3.05, 3.63) is 24.3 Å². The summed E-state index contributed by atoms with van der Waals surface area (Å²) < 4.78 is 0. The van der Waals surface area contributed by atoms with Crippen molar-refractivity contribution in [1.29, 1.82) is 0 Å². The molecule has 0 aliphatic carbocycles. The Morgan fingerprint density at radius 1 is 1.26 bits per heavy atom. The van der Waals surface area contributed by atoms with Crippen molar-refractivity contribution in [2.24, 2.45) is 5.92 Å². The van der Waals surface area contributed by atoms with E-state index < -0.39 is 0 Å². The summed E-state index contributed by atoms with van der Waals surface area (Å²) in [6.07, 6.45) is 1.79. The minimum absolute atomic E-state index is 0.207. The zero-order valence-electron chi connectivity index (χ0n) is 11.1. The lowest BCUT2D eigenvalue weighted by Crippen LogP contribution is -2.17. The van der Waals surface area contributed by atoms with E-state index in [0.717, 1.165) is 30.4 Å². The van der Waals surface area contributed by atoms with Crippen LogP contribution in [-0.2, 0) is 0 Å². The Morgan fingerprint density at radius 2 is 1.95 bits per heavy atom. The van der Waals surface area contributed by atoms with Gasteiger partial charge in [-0.05, 0) is 24.5 Å². The summed E-state index contributed by atoms with van der Waals surface area (Å²) in [4.78, 5) is 8.81. The number of nitrogen functional groups attached to an aromatic ring is 1. The number of aliphatic hydroxyl groups excluding tert-OH is 1. The van der Waals surface area contributed by atoms with E-state index in [9.17, 15) is 0 Å². The highest BCUT2D eigenvalue weighted by atomic mass is 16.3. The molecule has 19 heavy (non-hydrogen) atoms. The van der Waals surface area contributed by atoms with E-state index in [-0.39, 0.29) is 6.61 Å². The van der Waals surface area contributed by atoms with Crippen LogP contribution in [0.3, 0.4) is 0 Å². The summed E-state index contributed by atoms with van der Waals surface area (Å²) in [5.74, 6) is 1.45. The number of nitrogens with two attached hydrogens (primary N) is 1. The third kappa shape index (κ3) is 3.32. The van der Waals surface area contributed by atoms with Crippen LogP contribution >= 0.6 is 0 Å². The fourth-order valence-corrected chi connectivity index (χ4v) is 2.02. The molecule has 0 saturated heterocycles. The molecule has 0 aliphatic rings. The Labute approximate surface area is 112 Å². The molecule has 5 nitrogen and oxygen atoms in total. The van der Waals surface area contributed by atoms with Gasteiger partial charge < -0.3 is 16.2 Å². The van der Waals surface area contributed by atoms with Gasteiger partial charge in [0.2, 0.25) is 0 Å². The molecule has 0 amide bonds. The highest BCUT2D eigenvalue weighted by Gasteiger charge is 2.09. The fourth-order valence-electron chi connectivity index (χ4n) is 2.02. The van der Waals surface area contributed by atoms with E-state index in [4.69, 9.17) is 10.8 Å². The SMILES string of the molecule is CCC(CCO)CNc1nc2ccccc2nc1N. The number of fused-ring (bicyclic) bond motifs is 1. The molecule has 1 aromatic heterocycles. The maximum absolute atomic E-state index is 8.98. The lowest BCUT2D eigenvalue weighted by Gasteiger charge is -2.15. The highest BCUT2D eigenvalue weighted by molar-refractivity contribution is 5.79. The molecular weight excluding hydrogens is 240 g/mol. The minimum Gasteiger partial charge on any atom is -0.396 e. The topological polar surface area (TPSA) is 84.1 Å². The number of hydrogen-bond acceptors (Lipinski definition) is 5. The van der Waals surface area contributed by atoms with E-state index in [1.165, 1.54) is 0 Å². The van der Waals surface area contributed by atoms with E-state index in [1.54, 1.807) is 0 Å². The third-order valence-corrected chi connectivity index (χ3v) is 3.27. The number of benzene rings is 1. The van der Waals surface area contributed by atoms with Crippen molar-refractivity contribution in [1.82, 2.24) is 9.97 Å². The second-order valence-corrected chi connectivity index (χ2v) is 4.61. The molecule has 1 atom stereocenters. The van der Waals surface area contributed by atoms with Gasteiger partial charge in [0.05, 0.1) is 11.0 Å². The molecule has 1 heterocycles. The average molecular weight is 260 g/mol. The van der Waals surface area contributed by atoms with Gasteiger partial charge in [0.25, 0.3) is 0 Å². The number of aliphatic hydroxyl groups is 1. The standard InChI is InChI=1S/C14H20N4O/c1-2-10(7-8-19)9-16-14-13(15)17-11-5-3-4-6-12(11)18-14/h3-6,10,19H,2,7-9H2,1H3,(H2,15,17)(H,16,18). The lowest BCUT2D eigenvalue weighted by atomic mass is 10.0. The van der Waals surface area contributed by atoms with Crippen molar-refractivity contribution in [3.63, 3.8) is 0 Å². The van der Waals surface area contributed by atoms with Crippen molar-refractivity contribution in [2.45, 2.75) is 19.8 Å². The van der Waals surface area contributed by atoms with Crippen molar-refractivity contribution >= 4 is 22.7 Å². The lowest BCUT2D eigenvalue weighted by molar-refractivity contribution is 0.258. The Morgan fingerprint density at radius 3 is 2.58 bits per heavy atom. The number of rotatable bonds is 6. The second-order valence-electron chi connectivity index (χ2n) is 4.61. The molecule has 2 rings (SSSR count). The molecular formula is C14H20N4O. The highest BCUT2D eigenvalue weighted by Crippen LogP contribution is 2.19. The number of hydrogen-bond donors (Lipinski definition) is 3. The first-order valence-electron chi connectivity index (χ1n) is 6.61. The van der Waals surface area contributed by atoms with Crippen LogP contribution in [0.5, 0.6) is 0 Å². The van der Waals surface area contributed by atoms with Crippen molar-refractivity contribution < 1.29 is 5.11 Å². The van der Waals surface area contributed by atoms with Crippen molar-refractivity contribution in [2.75, 3.05) is 24.2 Å². The van der Waals surface area contributed by atoms with Crippen LogP contribution in [0.15, 0.2) is 24.3 Å². The maximum Gasteiger partial charge on any atom is 0.169 e. The number of para-hydroxylation sites is 2. The first-order valence-corrected chi connectivity index (χ1v) is 6.61. The predicted molar refractivity (Wildman–Crippen MR) is 77.9 cm³/mol. The summed E-state index contributed by atoms with van der Waals surface area (Å²) in [6, 6.07) is 7.65. The number of nitrogens with one attached hydrogen (secondary N) is 1. The van der Waals surface area contributed by atoms with Gasteiger partial charge in [-0.1, -0.05) is 25.5 Å². The Hall–Kier alpha value is -1.88. The molecule has 0 radical (unpaired) electrons. The zero-order valence-corrected chi connectivity index (χ0v) is 11.1. The first kappa shape index (κ1) is 13.5. The summed E-state index contributed by atoms with van der Waals surface area (Å²) in [7, 11) is 0. The molecule has 0 saturated carbocycles. The van der Waals surface area contributed by atoms with Gasteiger partial charge in [0.15, 0.2) is 11.6 Å². The smallest absolute Gasteiger partial charge is 0.169 e. The molecule has 1 unspecified atom stereocenters. The van der Waals surface area contributed by atoms with Crippen LogP contribution < -0.4 is 11.1 Å². The van der Waals surface area contributed by atoms with Gasteiger partial charge in [-0.2, -0.15) is 0 Å². The molecule has 2 aromatic rings. The van der Waals surface area contributed by atoms with Crippen LogP contribution in [-0.4, -0.2) is 28.2 Å². The van der Waals surface area contributed by atoms with E-state index in [0.29, 0.717) is 17.6 Å². The monoisotopic (exact) mass is 260 g/mol. The fraction of sp³-hybridized carbons (Fsp3) is 0.429. The molecule has 4 N–H and O–H groups in total. The third-order valence-electron chi connectivity index (χ3n) is 3.27. The first-order chi connectivity index (χ1) is 9.24. The number of aromatic nitrogens is 2. The van der Waals surface area contributed by atoms with Gasteiger partial charge >= 0.3 is 0 Å². The molecule has 0 aliphatic heterocycles. The Kier molecular flexibility index (Phi) is 4.52. The van der Waals surface area contributed by atoms with Gasteiger partial charge in [-0.15, -0.1) is 0 Å². The quantitative estimate of drug-likeness (QED) is 0.740. The van der Waals surface area contributed by atoms with Crippen LogP contribution in [0.2, 0.25) is 0 Å². The molecule has 0 bridgehead atoms. The van der Waals surface area contributed by atoms with Gasteiger partial charge in [-0.3, -0.25) is 0 Å². The second kappa shape index (κ2) is 6.33. The van der Waals surface area contributed by atoms with E-state index in [1.807, 2.05) is 24.3 Å². The summed E-state index contributed by atoms with van der Waals surface area (Å²) in [5.41, 5.74) is 7.53. The van der Waals surface area contributed by atoms with E-state index in [2.05, 4.69) is 22.2 Å². The van der Waals surface area contributed by atoms with Crippen LogP contribution in [0.4, 0.5) is 11.6 Å². The molecule has 102 valence electrons. The summed E-state index contributed by atoms with van der Waals surface area (Å²) in [6.45, 7) is 3.06. The van der Waals surface area contributed by atoms with E-state index >= 15 is 0 Å². The Balaban J connectivity index is 2.13.